The van der Waals surface area contributed by atoms with Crippen molar-refractivity contribution < 1.29 is 32.2 Å². The zero-order valence-corrected chi connectivity index (χ0v) is 16.4. The molecule has 1 aliphatic heterocycles. The first-order valence-corrected chi connectivity index (χ1v) is 9.69. The minimum absolute atomic E-state index is 0.0506. The molecule has 0 radical (unpaired) electrons. The number of nitrogens with one attached hydrogen (secondary N) is 1. The van der Waals surface area contributed by atoms with Crippen molar-refractivity contribution in [2.45, 2.75) is 56.5 Å². The first-order valence-electron chi connectivity index (χ1n) is 9.69. The Bertz CT molecular complexity index is 761. The molecule has 0 bridgehead atoms. The molecule has 0 aromatic heterocycles. The van der Waals surface area contributed by atoms with Gasteiger partial charge in [0.2, 0.25) is 0 Å². The number of nitrogens with zero attached hydrogens (tertiary/aromatic N) is 1. The standard InChI is InChI=1S/C20H25F3N2O4/c1-13(26)29-11-7-3-4-8-14-12-19(25-17(27)20(21,22)23)16(14)18(28-2)10-6-5-9-15(18)24-19/h5-6,9-10,14,16H,3-4,7-8,11-12H2,1-2H3,(H,25,27)/t14-,16-,18+,19+/m0/s1. The van der Waals surface area contributed by atoms with Crippen LogP contribution in [-0.2, 0) is 19.1 Å². The summed E-state index contributed by atoms with van der Waals surface area (Å²) in [6.07, 6.45) is 5.60. The Balaban J connectivity index is 1.70. The number of aliphatic imine (C=N–C) groups is 1. The van der Waals surface area contributed by atoms with Gasteiger partial charge in [0.15, 0.2) is 0 Å². The molecule has 0 unspecified atom stereocenters. The fourth-order valence-corrected chi connectivity index (χ4v) is 4.75. The number of hydrogen-bond acceptors (Lipinski definition) is 5. The van der Waals surface area contributed by atoms with Crippen molar-refractivity contribution in [1.29, 1.82) is 0 Å². The van der Waals surface area contributed by atoms with Gasteiger partial charge in [0.25, 0.3) is 0 Å². The zero-order valence-electron chi connectivity index (χ0n) is 16.4. The predicted octanol–water partition coefficient (Wildman–Crippen LogP) is 3.09. The number of amides is 1. The number of fused-ring (bicyclic) bond motifs is 3. The van der Waals surface area contributed by atoms with Crippen LogP contribution < -0.4 is 5.32 Å². The summed E-state index contributed by atoms with van der Waals surface area (Å²) in [5.41, 5.74) is -1.71. The SMILES string of the molecule is CO[C@]12C=CC=CC1=N[C@@]1(NC(=O)C(F)(F)F)C[C@H](CCCCCOC(C)=O)[C@H]12. The molecule has 6 nitrogen and oxygen atoms in total. The number of alkyl halides is 3. The van der Waals surface area contributed by atoms with Gasteiger partial charge in [-0.3, -0.25) is 14.6 Å². The number of carbonyl (C=O) groups excluding carboxylic acids is 2. The van der Waals surface area contributed by atoms with Gasteiger partial charge in [-0.15, -0.1) is 0 Å². The summed E-state index contributed by atoms with van der Waals surface area (Å²) >= 11 is 0. The smallest absolute Gasteiger partial charge is 0.466 e. The van der Waals surface area contributed by atoms with Crippen molar-refractivity contribution in [3.05, 3.63) is 24.3 Å². The lowest BCUT2D eigenvalue weighted by Crippen LogP contribution is -2.68. The van der Waals surface area contributed by atoms with E-state index in [2.05, 4.69) is 10.3 Å². The van der Waals surface area contributed by atoms with Gasteiger partial charge in [-0.2, -0.15) is 13.2 Å². The van der Waals surface area contributed by atoms with Gasteiger partial charge < -0.3 is 14.8 Å². The average molecular weight is 414 g/mol. The third-order valence-corrected chi connectivity index (χ3v) is 5.90. The molecule has 1 saturated carbocycles. The Kier molecular flexibility index (Phi) is 5.89. The first-order chi connectivity index (χ1) is 13.6. The summed E-state index contributed by atoms with van der Waals surface area (Å²) in [4.78, 5) is 27.0. The van der Waals surface area contributed by atoms with E-state index < -0.39 is 29.3 Å². The van der Waals surface area contributed by atoms with Gasteiger partial charge >= 0.3 is 18.1 Å². The van der Waals surface area contributed by atoms with E-state index in [-0.39, 0.29) is 11.9 Å². The van der Waals surface area contributed by atoms with Gasteiger partial charge in [-0.25, -0.2) is 0 Å². The number of rotatable bonds is 8. The summed E-state index contributed by atoms with van der Waals surface area (Å²) in [5, 5.41) is 2.14. The van der Waals surface area contributed by atoms with E-state index in [9.17, 15) is 22.8 Å². The van der Waals surface area contributed by atoms with Crippen LogP contribution >= 0.6 is 0 Å². The zero-order chi connectivity index (χ0) is 21.3. The Morgan fingerprint density at radius 2 is 2.03 bits per heavy atom. The molecule has 160 valence electrons. The second-order valence-electron chi connectivity index (χ2n) is 7.72. The molecule has 0 aromatic carbocycles. The van der Waals surface area contributed by atoms with Gasteiger partial charge in [-0.05, 0) is 37.3 Å². The summed E-state index contributed by atoms with van der Waals surface area (Å²) in [6.45, 7) is 1.72. The number of halogens is 3. The van der Waals surface area contributed by atoms with E-state index >= 15 is 0 Å². The molecule has 1 N–H and O–H groups in total. The highest BCUT2D eigenvalue weighted by Crippen LogP contribution is 2.59. The quantitative estimate of drug-likeness (QED) is 0.489. The molecule has 0 saturated heterocycles. The molecular formula is C20H25F3N2O4. The maximum Gasteiger partial charge on any atom is 0.471 e. The number of unbranched alkanes of at least 4 members (excludes halogenated alkanes) is 2. The molecule has 1 heterocycles. The second kappa shape index (κ2) is 7.93. The topological polar surface area (TPSA) is 77.0 Å². The molecule has 0 spiro atoms. The third kappa shape index (κ3) is 3.97. The highest BCUT2D eigenvalue weighted by atomic mass is 19.4. The number of methoxy groups -OCH3 is 1. The van der Waals surface area contributed by atoms with Gasteiger partial charge in [0.05, 0.1) is 12.3 Å². The minimum atomic E-state index is -4.97. The molecule has 3 rings (SSSR count). The average Bonchev–Trinajstić information content (AvgIpc) is 2.85. The van der Waals surface area contributed by atoms with Crippen molar-refractivity contribution in [2.24, 2.45) is 16.8 Å². The molecule has 1 amide bonds. The maximum absolute atomic E-state index is 12.9. The molecule has 1 fully saturated rings. The van der Waals surface area contributed by atoms with E-state index in [4.69, 9.17) is 9.47 Å². The van der Waals surface area contributed by atoms with Crippen LogP contribution in [0, 0.1) is 11.8 Å². The Labute approximate surface area is 167 Å². The van der Waals surface area contributed by atoms with Crippen molar-refractivity contribution >= 4 is 17.6 Å². The Morgan fingerprint density at radius 1 is 1.28 bits per heavy atom. The van der Waals surface area contributed by atoms with E-state index in [0.29, 0.717) is 18.7 Å². The highest BCUT2D eigenvalue weighted by Gasteiger charge is 2.69. The van der Waals surface area contributed by atoms with E-state index in [1.807, 2.05) is 6.08 Å². The summed E-state index contributed by atoms with van der Waals surface area (Å²) < 4.78 is 49.4. The monoisotopic (exact) mass is 414 g/mol. The fourth-order valence-electron chi connectivity index (χ4n) is 4.75. The van der Waals surface area contributed by atoms with Crippen molar-refractivity contribution in [3.63, 3.8) is 0 Å². The summed E-state index contributed by atoms with van der Waals surface area (Å²) in [6, 6.07) is 0. The van der Waals surface area contributed by atoms with E-state index in [0.717, 1.165) is 25.7 Å². The van der Waals surface area contributed by atoms with Crippen LogP contribution in [0.4, 0.5) is 13.2 Å². The fraction of sp³-hybridized carbons (Fsp3) is 0.650. The van der Waals surface area contributed by atoms with Crippen LogP contribution in [0.15, 0.2) is 29.3 Å². The van der Waals surface area contributed by atoms with E-state index in [1.54, 1.807) is 18.2 Å². The van der Waals surface area contributed by atoms with Crippen LogP contribution in [-0.4, -0.2) is 48.7 Å². The van der Waals surface area contributed by atoms with E-state index in [1.165, 1.54) is 14.0 Å². The minimum Gasteiger partial charge on any atom is -0.466 e. The molecule has 2 aliphatic carbocycles. The lowest BCUT2D eigenvalue weighted by Gasteiger charge is -2.54. The number of allylic oxidation sites excluding steroid dienone is 2. The van der Waals surface area contributed by atoms with Crippen LogP contribution in [0.5, 0.6) is 0 Å². The summed E-state index contributed by atoms with van der Waals surface area (Å²) in [7, 11) is 1.51. The van der Waals surface area contributed by atoms with Crippen LogP contribution in [0.25, 0.3) is 0 Å². The van der Waals surface area contributed by atoms with Gasteiger partial charge in [0.1, 0.15) is 11.3 Å². The first kappa shape index (κ1) is 21.5. The largest absolute Gasteiger partial charge is 0.471 e. The number of esters is 1. The normalized spacial score (nSPS) is 32.1. The molecule has 29 heavy (non-hydrogen) atoms. The van der Waals surface area contributed by atoms with Crippen molar-refractivity contribution in [2.75, 3.05) is 13.7 Å². The van der Waals surface area contributed by atoms with Crippen LogP contribution in [0.1, 0.15) is 39.0 Å². The van der Waals surface area contributed by atoms with Crippen LogP contribution in [0.2, 0.25) is 0 Å². The lowest BCUT2D eigenvalue weighted by atomic mass is 9.56. The number of ether oxygens (including phenoxy) is 2. The Morgan fingerprint density at radius 3 is 2.69 bits per heavy atom. The predicted molar refractivity (Wildman–Crippen MR) is 99.1 cm³/mol. The molecule has 4 atom stereocenters. The lowest BCUT2D eigenvalue weighted by molar-refractivity contribution is -0.181. The Hall–Kier alpha value is -2.16. The molecule has 9 heteroatoms. The number of carbonyl (C=O) groups is 2. The number of hydrogen-bond donors (Lipinski definition) is 1. The molecule has 3 aliphatic rings. The van der Waals surface area contributed by atoms with Crippen LogP contribution in [0.3, 0.4) is 0 Å². The summed E-state index contributed by atoms with van der Waals surface area (Å²) in [5.74, 6) is -2.65. The van der Waals surface area contributed by atoms with Gasteiger partial charge in [-0.1, -0.05) is 25.0 Å². The molecular weight excluding hydrogens is 389 g/mol. The second-order valence-corrected chi connectivity index (χ2v) is 7.72. The van der Waals surface area contributed by atoms with Crippen molar-refractivity contribution in [1.82, 2.24) is 5.32 Å². The molecule has 0 aromatic rings. The third-order valence-electron chi connectivity index (χ3n) is 5.90. The maximum atomic E-state index is 12.9. The van der Waals surface area contributed by atoms with Gasteiger partial charge in [0, 0.05) is 20.0 Å². The van der Waals surface area contributed by atoms with Crippen molar-refractivity contribution in [3.8, 4) is 0 Å². The highest BCUT2D eigenvalue weighted by molar-refractivity contribution is 6.07.